The predicted molar refractivity (Wildman–Crippen MR) is 120 cm³/mol. The zero-order valence-electron chi connectivity index (χ0n) is 20.7. The Kier molecular flexibility index (Phi) is 7.32. The Morgan fingerprint density at radius 3 is 2.53 bits per heavy atom. The molecule has 190 valence electrons. The molecule has 0 amide bonds. The summed E-state index contributed by atoms with van der Waals surface area (Å²) in [7, 11) is 0. The van der Waals surface area contributed by atoms with Crippen LogP contribution < -0.4 is 0 Å². The van der Waals surface area contributed by atoms with Crippen molar-refractivity contribution in [3.8, 4) is 0 Å². The first-order chi connectivity index (χ1) is 15.8. The van der Waals surface area contributed by atoms with Gasteiger partial charge in [0.2, 0.25) is 5.79 Å². The van der Waals surface area contributed by atoms with Crippen LogP contribution in [0.4, 0.5) is 0 Å². The molecule has 3 aliphatic rings. The SMILES string of the molecule is C=C1C(=O)O[C@@H]2[C@@H]1[C@H](OC(=O)/C(C)=C\C)[C@@]1(O)O[C@H](C[C@@H]1C)C[C@@](C)(O)[C@H]2OC(=O)[C@H](C)CC. The third-order valence-electron chi connectivity index (χ3n) is 7.47. The highest BCUT2D eigenvalue weighted by Crippen LogP contribution is 2.50. The lowest BCUT2D eigenvalue weighted by molar-refractivity contribution is -0.277. The molecule has 0 saturated carbocycles. The second-order valence-corrected chi connectivity index (χ2v) is 10.1. The molecule has 34 heavy (non-hydrogen) atoms. The molecule has 3 saturated heterocycles. The van der Waals surface area contributed by atoms with Crippen molar-refractivity contribution in [2.24, 2.45) is 17.8 Å². The first-order valence-electron chi connectivity index (χ1n) is 11.8. The van der Waals surface area contributed by atoms with Gasteiger partial charge in [-0.1, -0.05) is 33.4 Å². The fourth-order valence-corrected chi connectivity index (χ4v) is 4.95. The molecule has 2 bridgehead atoms. The topological polar surface area (TPSA) is 129 Å². The van der Waals surface area contributed by atoms with E-state index in [-0.39, 0.29) is 12.0 Å². The van der Waals surface area contributed by atoms with Crippen LogP contribution in [0, 0.1) is 17.8 Å². The van der Waals surface area contributed by atoms with E-state index in [9.17, 15) is 24.6 Å². The molecule has 0 unspecified atom stereocenters. The Morgan fingerprint density at radius 2 is 1.94 bits per heavy atom. The molecule has 2 N–H and O–H groups in total. The molecular weight excluding hydrogens is 444 g/mol. The van der Waals surface area contributed by atoms with Crippen molar-refractivity contribution >= 4 is 17.9 Å². The van der Waals surface area contributed by atoms with Crippen LogP contribution in [0.2, 0.25) is 0 Å². The minimum Gasteiger partial charge on any atom is -0.455 e. The van der Waals surface area contributed by atoms with Crippen LogP contribution >= 0.6 is 0 Å². The van der Waals surface area contributed by atoms with Crippen LogP contribution in [0.5, 0.6) is 0 Å². The van der Waals surface area contributed by atoms with E-state index < -0.39 is 71.5 Å². The molecule has 0 aromatic heterocycles. The highest BCUT2D eigenvalue weighted by Gasteiger charge is 2.65. The molecule has 9 heteroatoms. The highest BCUT2D eigenvalue weighted by molar-refractivity contribution is 5.92. The van der Waals surface area contributed by atoms with Crippen molar-refractivity contribution in [3.63, 3.8) is 0 Å². The van der Waals surface area contributed by atoms with Crippen molar-refractivity contribution in [1.29, 1.82) is 0 Å². The maximum atomic E-state index is 12.8. The summed E-state index contributed by atoms with van der Waals surface area (Å²) < 4.78 is 23.1. The highest BCUT2D eigenvalue weighted by atomic mass is 16.7. The van der Waals surface area contributed by atoms with E-state index in [1.807, 2.05) is 6.92 Å². The van der Waals surface area contributed by atoms with Crippen molar-refractivity contribution in [3.05, 3.63) is 23.8 Å². The first-order valence-corrected chi connectivity index (χ1v) is 11.8. The Balaban J connectivity index is 2.15. The van der Waals surface area contributed by atoms with Gasteiger partial charge < -0.3 is 29.2 Å². The summed E-state index contributed by atoms with van der Waals surface area (Å²) >= 11 is 0. The van der Waals surface area contributed by atoms with E-state index in [1.54, 1.807) is 33.8 Å². The lowest BCUT2D eigenvalue weighted by Gasteiger charge is -2.41. The van der Waals surface area contributed by atoms with Gasteiger partial charge in [0.05, 0.1) is 17.9 Å². The Labute approximate surface area is 200 Å². The minimum atomic E-state index is -1.97. The van der Waals surface area contributed by atoms with Crippen LogP contribution in [-0.2, 0) is 33.3 Å². The van der Waals surface area contributed by atoms with Gasteiger partial charge >= 0.3 is 17.9 Å². The normalized spacial score (nSPS) is 41.0. The number of esters is 3. The molecule has 0 radical (unpaired) electrons. The van der Waals surface area contributed by atoms with Gasteiger partial charge in [-0.05, 0) is 33.6 Å². The van der Waals surface area contributed by atoms with Crippen LogP contribution in [0.25, 0.3) is 0 Å². The lowest BCUT2D eigenvalue weighted by atomic mass is 9.75. The van der Waals surface area contributed by atoms with Gasteiger partial charge in [0.15, 0.2) is 18.3 Å². The number of ether oxygens (including phenoxy) is 4. The van der Waals surface area contributed by atoms with Crippen molar-refractivity contribution < 1.29 is 43.5 Å². The monoisotopic (exact) mass is 480 g/mol. The molecular formula is C25H36O9. The molecule has 0 aliphatic carbocycles. The second kappa shape index (κ2) is 9.43. The number of fused-ring (bicyclic) bond motifs is 3. The molecule has 0 aromatic rings. The van der Waals surface area contributed by atoms with Crippen molar-refractivity contribution in [1.82, 2.24) is 0 Å². The molecule has 3 fully saturated rings. The number of rotatable bonds is 5. The summed E-state index contributed by atoms with van der Waals surface area (Å²) in [5.41, 5.74) is -1.44. The van der Waals surface area contributed by atoms with E-state index >= 15 is 0 Å². The molecule has 0 spiro atoms. The minimum absolute atomic E-state index is 0.0000930. The predicted octanol–water partition coefficient (Wildman–Crippen LogP) is 2.19. The van der Waals surface area contributed by atoms with Crippen molar-refractivity contribution in [2.45, 2.75) is 96.6 Å². The van der Waals surface area contributed by atoms with E-state index in [1.165, 1.54) is 6.92 Å². The summed E-state index contributed by atoms with van der Waals surface area (Å²) in [5, 5.41) is 23.2. The number of hydrogen-bond acceptors (Lipinski definition) is 9. The second-order valence-electron chi connectivity index (χ2n) is 10.1. The average Bonchev–Trinajstić information content (AvgIpc) is 3.22. The fraction of sp³-hybridized carbons (Fsp3) is 0.720. The molecule has 3 rings (SSSR count). The molecule has 9 atom stereocenters. The molecule has 9 nitrogen and oxygen atoms in total. The average molecular weight is 481 g/mol. The summed E-state index contributed by atoms with van der Waals surface area (Å²) in [6.07, 6.45) is -2.12. The molecule has 0 aromatic carbocycles. The van der Waals surface area contributed by atoms with Crippen LogP contribution in [0.3, 0.4) is 0 Å². The van der Waals surface area contributed by atoms with Crippen LogP contribution in [0.15, 0.2) is 23.8 Å². The number of allylic oxidation sites excluding steroid dienone is 1. The number of carbonyl (C=O) groups is 3. The van der Waals surface area contributed by atoms with Gasteiger partial charge in [0.25, 0.3) is 0 Å². The maximum absolute atomic E-state index is 12.8. The van der Waals surface area contributed by atoms with Gasteiger partial charge in [-0.15, -0.1) is 0 Å². The zero-order valence-corrected chi connectivity index (χ0v) is 20.7. The van der Waals surface area contributed by atoms with Crippen molar-refractivity contribution in [2.75, 3.05) is 0 Å². The maximum Gasteiger partial charge on any atom is 0.334 e. The Bertz CT molecular complexity index is 891. The largest absolute Gasteiger partial charge is 0.455 e. The number of carbonyl (C=O) groups excluding carboxylic acids is 3. The van der Waals surface area contributed by atoms with Gasteiger partial charge in [-0.25, -0.2) is 9.59 Å². The van der Waals surface area contributed by atoms with Gasteiger partial charge in [-0.2, -0.15) is 0 Å². The summed E-state index contributed by atoms with van der Waals surface area (Å²) in [4.78, 5) is 38.2. The van der Waals surface area contributed by atoms with Gasteiger partial charge in [-0.3, -0.25) is 4.79 Å². The van der Waals surface area contributed by atoms with Gasteiger partial charge in [0.1, 0.15) is 5.60 Å². The summed E-state index contributed by atoms with van der Waals surface area (Å²) in [6.45, 7) is 13.8. The fourth-order valence-electron chi connectivity index (χ4n) is 4.95. The number of aliphatic hydroxyl groups is 2. The van der Waals surface area contributed by atoms with E-state index in [4.69, 9.17) is 18.9 Å². The standard InChI is InChI=1S/C25H36O9/c1-8-12(3)21(26)32-19-17-15(6)23(28)31-18(17)20(33-22(27)13(4)9-2)24(7,29)11-16-10-14(5)25(19,30)34-16/h8,13-14,16-20,29-30H,6,9-11H2,1-5,7H3/b12-8-/t13-,14+,16-,17-,18-,19+,20+,24-,25+/m1/s1. The lowest BCUT2D eigenvalue weighted by Crippen LogP contribution is -2.58. The third-order valence-corrected chi connectivity index (χ3v) is 7.47. The smallest absolute Gasteiger partial charge is 0.334 e. The van der Waals surface area contributed by atoms with Crippen LogP contribution in [-0.4, -0.2) is 63.9 Å². The molecule has 3 heterocycles. The zero-order chi connectivity index (χ0) is 25.6. The van der Waals surface area contributed by atoms with E-state index in [0.717, 1.165) is 0 Å². The molecule has 3 aliphatic heterocycles. The Morgan fingerprint density at radius 1 is 1.29 bits per heavy atom. The van der Waals surface area contributed by atoms with E-state index in [0.29, 0.717) is 18.4 Å². The number of hydrogen-bond donors (Lipinski definition) is 2. The Hall–Kier alpha value is -2.23. The van der Waals surface area contributed by atoms with E-state index in [2.05, 4.69) is 6.58 Å². The quantitative estimate of drug-likeness (QED) is 0.346. The van der Waals surface area contributed by atoms with Crippen LogP contribution in [0.1, 0.15) is 60.8 Å². The third kappa shape index (κ3) is 4.53. The summed E-state index contributed by atoms with van der Waals surface area (Å²) in [5.74, 6) is -6.09. The van der Waals surface area contributed by atoms with Gasteiger partial charge in [0, 0.05) is 23.5 Å². The first kappa shape index (κ1) is 26.4. The summed E-state index contributed by atoms with van der Waals surface area (Å²) in [6, 6.07) is 0.